The van der Waals surface area contributed by atoms with Gasteiger partial charge in [0, 0.05) is 0 Å². The number of hydrogen-bond acceptors (Lipinski definition) is 4. The zero-order valence-electron chi connectivity index (χ0n) is 13.0. The van der Waals surface area contributed by atoms with Crippen LogP contribution in [0.25, 0.3) is 0 Å². The number of aromatic carboxylic acids is 1. The second-order valence-corrected chi connectivity index (χ2v) is 4.91. The number of ether oxygens (including phenoxy) is 3. The van der Waals surface area contributed by atoms with E-state index in [0.29, 0.717) is 19.0 Å². The molecule has 5 heteroatoms. The molecule has 0 atom stereocenters. The van der Waals surface area contributed by atoms with Crippen LogP contribution in [0.15, 0.2) is 48.5 Å². The number of carboxylic acids is 1. The van der Waals surface area contributed by atoms with Crippen LogP contribution in [0.5, 0.6) is 17.2 Å². The van der Waals surface area contributed by atoms with Crippen LogP contribution < -0.4 is 14.2 Å². The maximum absolute atomic E-state index is 10.7. The minimum absolute atomic E-state index is 0.255. The van der Waals surface area contributed by atoms with Crippen molar-refractivity contribution in [1.82, 2.24) is 0 Å². The van der Waals surface area contributed by atoms with Gasteiger partial charge in [-0.15, -0.1) is 0 Å². The molecule has 0 heterocycles. The van der Waals surface area contributed by atoms with Crippen molar-refractivity contribution in [2.45, 2.75) is 12.8 Å². The number of rotatable bonds is 9. The van der Waals surface area contributed by atoms with Gasteiger partial charge in [-0.3, -0.25) is 0 Å². The maximum atomic E-state index is 10.7. The molecule has 2 aromatic rings. The summed E-state index contributed by atoms with van der Waals surface area (Å²) in [5.41, 5.74) is 0.255. The van der Waals surface area contributed by atoms with E-state index in [2.05, 4.69) is 0 Å². The average Bonchev–Trinajstić information content (AvgIpc) is 2.59. The van der Waals surface area contributed by atoms with E-state index in [1.54, 1.807) is 19.2 Å². The zero-order chi connectivity index (χ0) is 16.5. The van der Waals surface area contributed by atoms with Crippen LogP contribution in [-0.2, 0) is 0 Å². The van der Waals surface area contributed by atoms with Gasteiger partial charge >= 0.3 is 5.97 Å². The van der Waals surface area contributed by atoms with Crippen molar-refractivity contribution in [3.05, 3.63) is 54.1 Å². The normalized spacial score (nSPS) is 10.1. The summed E-state index contributed by atoms with van der Waals surface area (Å²) in [6.45, 7) is 1.19. The third-order valence-corrected chi connectivity index (χ3v) is 3.24. The van der Waals surface area contributed by atoms with Gasteiger partial charge in [0.2, 0.25) is 0 Å². The largest absolute Gasteiger partial charge is 0.497 e. The Morgan fingerprint density at radius 2 is 1.26 bits per heavy atom. The fraction of sp³-hybridized carbons (Fsp3) is 0.278. The molecule has 0 spiro atoms. The molecule has 0 aliphatic heterocycles. The van der Waals surface area contributed by atoms with Gasteiger partial charge in [0.1, 0.15) is 17.2 Å². The fourth-order valence-electron chi connectivity index (χ4n) is 1.95. The predicted molar refractivity (Wildman–Crippen MR) is 86.6 cm³/mol. The molecule has 122 valence electrons. The molecule has 0 saturated heterocycles. The van der Waals surface area contributed by atoms with Crippen LogP contribution in [0.4, 0.5) is 0 Å². The Hall–Kier alpha value is -2.69. The summed E-state index contributed by atoms with van der Waals surface area (Å²) >= 11 is 0. The molecule has 0 amide bonds. The van der Waals surface area contributed by atoms with Crippen LogP contribution >= 0.6 is 0 Å². The molecular formula is C18H20O5. The molecule has 0 aliphatic rings. The molecule has 0 fully saturated rings. The number of carboxylic acid groups (broad SMARTS) is 1. The van der Waals surface area contributed by atoms with Crippen LogP contribution in [-0.4, -0.2) is 31.4 Å². The van der Waals surface area contributed by atoms with E-state index in [-0.39, 0.29) is 5.56 Å². The van der Waals surface area contributed by atoms with Gasteiger partial charge in [-0.05, 0) is 61.4 Å². The first-order valence-corrected chi connectivity index (χ1v) is 7.42. The summed E-state index contributed by atoms with van der Waals surface area (Å²) in [7, 11) is 1.63. The second-order valence-electron chi connectivity index (χ2n) is 4.91. The summed E-state index contributed by atoms with van der Waals surface area (Å²) < 4.78 is 16.3. The van der Waals surface area contributed by atoms with E-state index < -0.39 is 5.97 Å². The Kier molecular flexibility index (Phi) is 6.29. The minimum atomic E-state index is -0.938. The number of methoxy groups -OCH3 is 1. The standard InChI is InChI=1S/C18H20O5/c1-21-15-8-10-17(11-9-15)23-13-3-2-12-22-16-6-4-14(5-7-16)18(19)20/h4-11H,2-3,12-13H2,1H3,(H,19,20). The third-order valence-electron chi connectivity index (χ3n) is 3.24. The number of carbonyl (C=O) groups is 1. The Labute approximate surface area is 135 Å². The summed E-state index contributed by atoms with van der Waals surface area (Å²) in [6, 6.07) is 13.9. The highest BCUT2D eigenvalue weighted by atomic mass is 16.5. The number of unbranched alkanes of at least 4 members (excludes halogenated alkanes) is 1. The molecule has 1 N–H and O–H groups in total. The first-order chi connectivity index (χ1) is 11.2. The second kappa shape index (κ2) is 8.68. The zero-order valence-corrected chi connectivity index (χ0v) is 13.0. The Balaban J connectivity index is 1.60. The van der Waals surface area contributed by atoms with Crippen molar-refractivity contribution in [1.29, 1.82) is 0 Å². The van der Waals surface area contributed by atoms with E-state index in [1.165, 1.54) is 12.1 Å². The molecule has 0 radical (unpaired) electrons. The van der Waals surface area contributed by atoms with Gasteiger partial charge in [0.15, 0.2) is 0 Å². The van der Waals surface area contributed by atoms with Crippen molar-refractivity contribution < 1.29 is 24.1 Å². The fourth-order valence-corrected chi connectivity index (χ4v) is 1.95. The highest BCUT2D eigenvalue weighted by Gasteiger charge is 2.02. The summed E-state index contributed by atoms with van der Waals surface area (Å²) in [5.74, 6) is 1.36. The quantitative estimate of drug-likeness (QED) is 0.716. The lowest BCUT2D eigenvalue weighted by Crippen LogP contribution is -2.03. The molecule has 23 heavy (non-hydrogen) atoms. The topological polar surface area (TPSA) is 65.0 Å². The van der Waals surface area contributed by atoms with Gasteiger partial charge in [-0.1, -0.05) is 0 Å². The molecule has 0 bridgehead atoms. The van der Waals surface area contributed by atoms with Crippen molar-refractivity contribution in [2.24, 2.45) is 0 Å². The highest BCUT2D eigenvalue weighted by molar-refractivity contribution is 5.87. The molecule has 2 rings (SSSR count). The monoisotopic (exact) mass is 316 g/mol. The lowest BCUT2D eigenvalue weighted by atomic mass is 10.2. The summed E-state index contributed by atoms with van der Waals surface area (Å²) in [6.07, 6.45) is 1.73. The number of benzene rings is 2. The lowest BCUT2D eigenvalue weighted by molar-refractivity contribution is 0.0697. The SMILES string of the molecule is COc1ccc(OCCCCOc2ccc(C(=O)O)cc2)cc1. The van der Waals surface area contributed by atoms with Crippen LogP contribution in [0, 0.1) is 0 Å². The third kappa shape index (κ3) is 5.54. The van der Waals surface area contributed by atoms with Crippen molar-refractivity contribution in [2.75, 3.05) is 20.3 Å². The molecule has 5 nitrogen and oxygen atoms in total. The minimum Gasteiger partial charge on any atom is -0.497 e. The van der Waals surface area contributed by atoms with Gasteiger partial charge in [-0.25, -0.2) is 4.79 Å². The predicted octanol–water partition coefficient (Wildman–Crippen LogP) is 3.63. The smallest absolute Gasteiger partial charge is 0.335 e. The van der Waals surface area contributed by atoms with Gasteiger partial charge < -0.3 is 19.3 Å². The lowest BCUT2D eigenvalue weighted by Gasteiger charge is -2.08. The van der Waals surface area contributed by atoms with E-state index in [9.17, 15) is 4.79 Å². The van der Waals surface area contributed by atoms with Crippen LogP contribution in [0.3, 0.4) is 0 Å². The van der Waals surface area contributed by atoms with E-state index in [1.807, 2.05) is 24.3 Å². The molecule has 0 aliphatic carbocycles. The Bertz CT molecular complexity index is 604. The van der Waals surface area contributed by atoms with Crippen molar-refractivity contribution in [3.8, 4) is 17.2 Å². The first kappa shape index (κ1) is 16.7. The summed E-state index contributed by atoms with van der Waals surface area (Å²) in [5, 5.41) is 8.81. The van der Waals surface area contributed by atoms with Gasteiger partial charge in [0.05, 0.1) is 25.9 Å². The average molecular weight is 316 g/mol. The Morgan fingerprint density at radius 3 is 1.70 bits per heavy atom. The molecule has 0 saturated carbocycles. The van der Waals surface area contributed by atoms with Crippen LogP contribution in [0.1, 0.15) is 23.2 Å². The van der Waals surface area contributed by atoms with Crippen molar-refractivity contribution >= 4 is 5.97 Å². The molecule has 0 unspecified atom stereocenters. The first-order valence-electron chi connectivity index (χ1n) is 7.42. The van der Waals surface area contributed by atoms with E-state index in [0.717, 1.165) is 24.3 Å². The molecule has 2 aromatic carbocycles. The molecular weight excluding hydrogens is 296 g/mol. The maximum Gasteiger partial charge on any atom is 0.335 e. The van der Waals surface area contributed by atoms with Gasteiger partial charge in [0.25, 0.3) is 0 Å². The summed E-state index contributed by atoms with van der Waals surface area (Å²) in [4.78, 5) is 10.7. The van der Waals surface area contributed by atoms with E-state index >= 15 is 0 Å². The number of hydrogen-bond donors (Lipinski definition) is 1. The molecule has 0 aromatic heterocycles. The van der Waals surface area contributed by atoms with Crippen molar-refractivity contribution in [3.63, 3.8) is 0 Å². The van der Waals surface area contributed by atoms with Gasteiger partial charge in [-0.2, -0.15) is 0 Å². The highest BCUT2D eigenvalue weighted by Crippen LogP contribution is 2.17. The van der Waals surface area contributed by atoms with E-state index in [4.69, 9.17) is 19.3 Å². The van der Waals surface area contributed by atoms with Crippen LogP contribution in [0.2, 0.25) is 0 Å². The Morgan fingerprint density at radius 1 is 0.826 bits per heavy atom.